The first-order chi connectivity index (χ1) is 8.72. The third-order valence-electron chi connectivity index (χ3n) is 2.72. The van der Waals surface area contributed by atoms with E-state index in [1.54, 1.807) is 11.8 Å². The first-order valence-corrected chi connectivity index (χ1v) is 5.97. The molecule has 1 aliphatic heterocycles. The lowest BCUT2D eigenvalue weighted by atomic mass is 10.2. The molecule has 0 radical (unpaired) electrons. The average Bonchev–Trinajstić information content (AvgIpc) is 2.72. The van der Waals surface area contributed by atoms with E-state index in [0.29, 0.717) is 25.1 Å². The van der Waals surface area contributed by atoms with Gasteiger partial charge >= 0.3 is 5.97 Å². The van der Waals surface area contributed by atoms with Gasteiger partial charge in [0.2, 0.25) is 5.91 Å². The van der Waals surface area contributed by atoms with E-state index in [2.05, 4.69) is 0 Å². The Balaban J connectivity index is 2.26. The van der Waals surface area contributed by atoms with Gasteiger partial charge in [-0.05, 0) is 25.5 Å². The maximum absolute atomic E-state index is 11.9. The van der Waals surface area contributed by atoms with Gasteiger partial charge in [0.1, 0.15) is 0 Å². The van der Waals surface area contributed by atoms with Crippen LogP contribution in [0.15, 0.2) is 42.1 Å². The van der Waals surface area contributed by atoms with Crippen molar-refractivity contribution in [3.05, 3.63) is 42.1 Å². The molecule has 0 aliphatic carbocycles. The molecule has 1 amide bonds. The summed E-state index contributed by atoms with van der Waals surface area (Å²) in [5.74, 6) is -0.389. The number of nitrogens with zero attached hydrogens (tertiary/aromatic N) is 1. The van der Waals surface area contributed by atoms with E-state index in [4.69, 9.17) is 4.74 Å². The fourth-order valence-corrected chi connectivity index (χ4v) is 1.96. The minimum absolute atomic E-state index is 0.0109. The van der Waals surface area contributed by atoms with Gasteiger partial charge in [-0.3, -0.25) is 9.69 Å². The normalized spacial score (nSPS) is 17.3. The molecule has 2 rings (SSSR count). The van der Waals surface area contributed by atoms with E-state index < -0.39 is 5.97 Å². The van der Waals surface area contributed by atoms with Crippen molar-refractivity contribution >= 4 is 17.6 Å². The lowest BCUT2D eigenvalue weighted by Crippen LogP contribution is -2.23. The summed E-state index contributed by atoms with van der Waals surface area (Å²) >= 11 is 0. The number of para-hydroxylation sites is 1. The topological polar surface area (TPSA) is 46.6 Å². The molecule has 1 aromatic rings. The first kappa shape index (κ1) is 12.4. The monoisotopic (exact) mass is 245 g/mol. The summed E-state index contributed by atoms with van der Waals surface area (Å²) in [5, 5.41) is 0. The SMILES string of the molecule is CCOC(=O)/C=C1\CCC(=O)N1c1ccccc1. The molecular weight excluding hydrogens is 230 g/mol. The Morgan fingerprint density at radius 2 is 2.06 bits per heavy atom. The molecule has 18 heavy (non-hydrogen) atoms. The Bertz CT molecular complexity index is 479. The van der Waals surface area contributed by atoms with Crippen LogP contribution in [0.4, 0.5) is 5.69 Å². The van der Waals surface area contributed by atoms with E-state index in [1.807, 2.05) is 30.3 Å². The number of esters is 1. The van der Waals surface area contributed by atoms with Crippen molar-refractivity contribution in [2.45, 2.75) is 19.8 Å². The summed E-state index contributed by atoms with van der Waals surface area (Å²) < 4.78 is 4.87. The number of anilines is 1. The van der Waals surface area contributed by atoms with Crippen molar-refractivity contribution < 1.29 is 14.3 Å². The van der Waals surface area contributed by atoms with Gasteiger partial charge in [0.15, 0.2) is 0 Å². The number of hydrogen-bond donors (Lipinski definition) is 0. The number of ether oxygens (including phenoxy) is 1. The highest BCUT2D eigenvalue weighted by molar-refractivity contribution is 6.01. The Morgan fingerprint density at radius 3 is 2.72 bits per heavy atom. The second kappa shape index (κ2) is 5.49. The summed E-state index contributed by atoms with van der Waals surface area (Å²) in [6.07, 6.45) is 2.41. The van der Waals surface area contributed by atoms with Crippen LogP contribution in [-0.2, 0) is 14.3 Å². The zero-order valence-electron chi connectivity index (χ0n) is 10.3. The van der Waals surface area contributed by atoms with Crippen molar-refractivity contribution in [1.82, 2.24) is 0 Å². The third kappa shape index (κ3) is 2.59. The summed E-state index contributed by atoms with van der Waals surface area (Å²) in [4.78, 5) is 24.9. The molecule has 0 spiro atoms. The zero-order valence-corrected chi connectivity index (χ0v) is 10.3. The molecule has 0 atom stereocenters. The van der Waals surface area contributed by atoms with Crippen molar-refractivity contribution in [3.8, 4) is 0 Å². The number of allylic oxidation sites excluding steroid dienone is 1. The van der Waals surface area contributed by atoms with Crippen molar-refractivity contribution in [2.75, 3.05) is 11.5 Å². The lowest BCUT2D eigenvalue weighted by molar-refractivity contribution is -0.137. The molecule has 0 saturated carbocycles. The van der Waals surface area contributed by atoms with Gasteiger partial charge in [0, 0.05) is 23.9 Å². The van der Waals surface area contributed by atoms with Crippen LogP contribution in [0.5, 0.6) is 0 Å². The second-order valence-electron chi connectivity index (χ2n) is 3.95. The molecule has 4 heteroatoms. The van der Waals surface area contributed by atoms with E-state index >= 15 is 0 Å². The molecular formula is C14H15NO3. The minimum atomic E-state index is -0.400. The molecule has 1 saturated heterocycles. The van der Waals surface area contributed by atoms with Crippen LogP contribution >= 0.6 is 0 Å². The van der Waals surface area contributed by atoms with E-state index in [1.165, 1.54) is 6.08 Å². The van der Waals surface area contributed by atoms with Crippen molar-refractivity contribution in [1.29, 1.82) is 0 Å². The van der Waals surface area contributed by atoms with Gasteiger partial charge in [-0.1, -0.05) is 18.2 Å². The van der Waals surface area contributed by atoms with Crippen LogP contribution in [0.25, 0.3) is 0 Å². The van der Waals surface area contributed by atoms with Gasteiger partial charge in [0.25, 0.3) is 0 Å². The highest BCUT2D eigenvalue weighted by Crippen LogP contribution is 2.29. The number of rotatable bonds is 3. The van der Waals surface area contributed by atoms with Crippen molar-refractivity contribution in [2.24, 2.45) is 0 Å². The second-order valence-corrected chi connectivity index (χ2v) is 3.95. The van der Waals surface area contributed by atoms with Crippen LogP contribution in [-0.4, -0.2) is 18.5 Å². The molecule has 4 nitrogen and oxygen atoms in total. The molecule has 0 N–H and O–H groups in total. The molecule has 0 bridgehead atoms. The Kier molecular flexibility index (Phi) is 3.77. The Labute approximate surface area is 106 Å². The van der Waals surface area contributed by atoms with Gasteiger partial charge < -0.3 is 4.74 Å². The molecule has 0 unspecified atom stereocenters. The molecule has 1 aliphatic rings. The predicted molar refractivity (Wildman–Crippen MR) is 67.9 cm³/mol. The van der Waals surface area contributed by atoms with E-state index in [0.717, 1.165) is 5.69 Å². The molecule has 1 fully saturated rings. The largest absolute Gasteiger partial charge is 0.463 e. The smallest absolute Gasteiger partial charge is 0.332 e. The van der Waals surface area contributed by atoms with Crippen LogP contribution in [0, 0.1) is 0 Å². The summed E-state index contributed by atoms with van der Waals surface area (Å²) in [6.45, 7) is 2.09. The summed E-state index contributed by atoms with van der Waals surface area (Å²) in [7, 11) is 0. The van der Waals surface area contributed by atoms with Crippen molar-refractivity contribution in [3.63, 3.8) is 0 Å². The molecule has 1 heterocycles. The standard InChI is InChI=1S/C14H15NO3/c1-2-18-14(17)10-12-8-9-13(16)15(12)11-6-4-3-5-7-11/h3-7,10H,2,8-9H2,1H3/b12-10+. The van der Waals surface area contributed by atoms with Gasteiger partial charge in [-0.2, -0.15) is 0 Å². The number of amides is 1. The lowest BCUT2D eigenvalue weighted by Gasteiger charge is -2.17. The third-order valence-corrected chi connectivity index (χ3v) is 2.72. The average molecular weight is 245 g/mol. The fourth-order valence-electron chi connectivity index (χ4n) is 1.96. The van der Waals surface area contributed by atoms with Crippen LogP contribution in [0.2, 0.25) is 0 Å². The molecule has 1 aromatic carbocycles. The van der Waals surface area contributed by atoms with Crippen LogP contribution < -0.4 is 4.90 Å². The molecule has 94 valence electrons. The van der Waals surface area contributed by atoms with Gasteiger partial charge in [0.05, 0.1) is 6.61 Å². The number of benzene rings is 1. The molecule has 0 aromatic heterocycles. The first-order valence-electron chi connectivity index (χ1n) is 5.97. The predicted octanol–water partition coefficient (Wildman–Crippen LogP) is 2.26. The maximum atomic E-state index is 11.9. The Hall–Kier alpha value is -2.10. The van der Waals surface area contributed by atoms with E-state index in [-0.39, 0.29) is 5.91 Å². The fraction of sp³-hybridized carbons (Fsp3) is 0.286. The quantitative estimate of drug-likeness (QED) is 0.606. The minimum Gasteiger partial charge on any atom is -0.463 e. The Morgan fingerprint density at radius 1 is 1.33 bits per heavy atom. The maximum Gasteiger partial charge on any atom is 0.332 e. The number of carbonyl (C=O) groups excluding carboxylic acids is 2. The summed E-state index contributed by atoms with van der Waals surface area (Å²) in [6, 6.07) is 9.31. The summed E-state index contributed by atoms with van der Waals surface area (Å²) in [5.41, 5.74) is 1.49. The number of carbonyl (C=O) groups is 2. The van der Waals surface area contributed by atoms with Crippen LogP contribution in [0.1, 0.15) is 19.8 Å². The zero-order chi connectivity index (χ0) is 13.0. The van der Waals surface area contributed by atoms with Crippen LogP contribution in [0.3, 0.4) is 0 Å². The highest BCUT2D eigenvalue weighted by Gasteiger charge is 2.27. The van der Waals surface area contributed by atoms with Gasteiger partial charge in [-0.25, -0.2) is 4.79 Å². The van der Waals surface area contributed by atoms with E-state index in [9.17, 15) is 9.59 Å². The van der Waals surface area contributed by atoms with Gasteiger partial charge in [-0.15, -0.1) is 0 Å². The number of hydrogen-bond acceptors (Lipinski definition) is 3. The highest BCUT2D eigenvalue weighted by atomic mass is 16.5.